The number of aryl methyl sites for hydroxylation is 2. The summed E-state index contributed by atoms with van der Waals surface area (Å²) in [4.78, 5) is 23.7. The Morgan fingerprint density at radius 3 is 2.78 bits per heavy atom. The van der Waals surface area contributed by atoms with Crippen molar-refractivity contribution in [2.75, 3.05) is 5.32 Å². The van der Waals surface area contributed by atoms with Gasteiger partial charge in [-0.1, -0.05) is 17.7 Å². The van der Waals surface area contributed by atoms with Crippen LogP contribution < -0.4 is 11.1 Å². The van der Waals surface area contributed by atoms with Crippen LogP contribution in [0.2, 0.25) is 5.02 Å². The molecule has 0 fully saturated rings. The number of halogens is 1. The van der Waals surface area contributed by atoms with Crippen LogP contribution in [0.4, 0.5) is 5.69 Å². The predicted octanol–water partition coefficient (Wildman–Crippen LogP) is 3.27. The number of fused-ring (bicyclic) bond motifs is 1. The van der Waals surface area contributed by atoms with Gasteiger partial charge in [0.25, 0.3) is 0 Å². The second kappa shape index (κ2) is 5.93. The summed E-state index contributed by atoms with van der Waals surface area (Å²) in [6.45, 7) is 1.88. The smallest absolute Gasteiger partial charge is 0.408 e. The van der Waals surface area contributed by atoms with E-state index in [1.54, 1.807) is 43.4 Å². The highest BCUT2D eigenvalue weighted by atomic mass is 35.5. The zero-order valence-electron chi connectivity index (χ0n) is 12.7. The molecule has 0 unspecified atom stereocenters. The molecule has 5 nitrogen and oxygen atoms in total. The minimum absolute atomic E-state index is 0.136. The Hall–Kier alpha value is -2.53. The second-order valence-electron chi connectivity index (χ2n) is 5.41. The molecular weight excluding hydrogens is 316 g/mol. The molecule has 0 aliphatic heterocycles. The van der Waals surface area contributed by atoms with E-state index in [2.05, 4.69) is 5.32 Å². The van der Waals surface area contributed by atoms with Gasteiger partial charge in [-0.25, -0.2) is 4.79 Å². The number of anilines is 1. The zero-order chi connectivity index (χ0) is 16.6. The molecule has 0 aliphatic carbocycles. The van der Waals surface area contributed by atoms with Crippen LogP contribution in [-0.4, -0.2) is 10.5 Å². The van der Waals surface area contributed by atoms with Crippen molar-refractivity contribution in [1.82, 2.24) is 4.57 Å². The lowest BCUT2D eigenvalue weighted by Crippen LogP contribution is -2.15. The number of hydrogen-bond acceptors (Lipinski definition) is 3. The number of benzene rings is 2. The Morgan fingerprint density at radius 1 is 1.26 bits per heavy atom. The molecule has 3 rings (SSSR count). The summed E-state index contributed by atoms with van der Waals surface area (Å²) < 4.78 is 6.49. The van der Waals surface area contributed by atoms with E-state index in [0.29, 0.717) is 16.1 Å². The van der Waals surface area contributed by atoms with Crippen LogP contribution >= 0.6 is 11.6 Å². The molecule has 0 atom stereocenters. The first-order chi connectivity index (χ1) is 10.9. The molecule has 0 bridgehead atoms. The minimum atomic E-state index is -0.418. The Bertz CT molecular complexity index is 956. The van der Waals surface area contributed by atoms with Crippen molar-refractivity contribution in [1.29, 1.82) is 0 Å². The Kier molecular flexibility index (Phi) is 3.96. The van der Waals surface area contributed by atoms with Gasteiger partial charge in [0.15, 0.2) is 5.58 Å². The lowest BCUT2D eigenvalue weighted by Gasteiger charge is -2.09. The molecule has 0 spiro atoms. The lowest BCUT2D eigenvalue weighted by atomic mass is 10.1. The largest absolute Gasteiger partial charge is 0.419 e. The fraction of sp³-hybridized carbons (Fsp3) is 0.176. The summed E-state index contributed by atoms with van der Waals surface area (Å²) >= 11 is 5.91. The van der Waals surface area contributed by atoms with Gasteiger partial charge in [-0.2, -0.15) is 0 Å². The molecule has 6 heteroatoms. The van der Waals surface area contributed by atoms with E-state index in [-0.39, 0.29) is 12.3 Å². The summed E-state index contributed by atoms with van der Waals surface area (Å²) in [7, 11) is 1.63. The van der Waals surface area contributed by atoms with E-state index in [1.165, 1.54) is 4.57 Å². The number of nitrogens with zero attached hydrogens (tertiary/aromatic N) is 1. The van der Waals surface area contributed by atoms with Crippen LogP contribution in [0, 0.1) is 6.92 Å². The Balaban J connectivity index is 1.79. The van der Waals surface area contributed by atoms with Crippen molar-refractivity contribution in [2.45, 2.75) is 13.3 Å². The third-order valence-corrected chi connectivity index (χ3v) is 3.92. The average molecular weight is 331 g/mol. The maximum atomic E-state index is 12.2. The molecule has 2 aromatic carbocycles. The van der Waals surface area contributed by atoms with Gasteiger partial charge in [0, 0.05) is 17.8 Å². The molecule has 1 aromatic heterocycles. The zero-order valence-corrected chi connectivity index (χ0v) is 13.5. The van der Waals surface area contributed by atoms with E-state index in [0.717, 1.165) is 16.8 Å². The number of hydrogen-bond donors (Lipinski definition) is 1. The molecule has 0 radical (unpaired) electrons. The Labute approximate surface area is 137 Å². The minimum Gasteiger partial charge on any atom is -0.408 e. The topological polar surface area (TPSA) is 64.2 Å². The van der Waals surface area contributed by atoms with Crippen LogP contribution in [0.25, 0.3) is 11.1 Å². The molecule has 3 aromatic rings. The normalized spacial score (nSPS) is 10.9. The van der Waals surface area contributed by atoms with Gasteiger partial charge in [-0.15, -0.1) is 0 Å². The molecule has 23 heavy (non-hydrogen) atoms. The van der Waals surface area contributed by atoms with Crippen LogP contribution in [0.15, 0.2) is 45.6 Å². The lowest BCUT2D eigenvalue weighted by molar-refractivity contribution is -0.115. The van der Waals surface area contributed by atoms with Crippen LogP contribution in [0.1, 0.15) is 11.1 Å². The summed E-state index contributed by atoms with van der Waals surface area (Å²) in [5.41, 5.74) is 3.62. The fourth-order valence-electron chi connectivity index (χ4n) is 2.43. The quantitative estimate of drug-likeness (QED) is 0.801. The van der Waals surface area contributed by atoms with Crippen LogP contribution in [0.3, 0.4) is 0 Å². The van der Waals surface area contributed by atoms with Crippen molar-refractivity contribution < 1.29 is 9.21 Å². The predicted molar refractivity (Wildman–Crippen MR) is 90.0 cm³/mol. The molecule has 0 saturated heterocycles. The summed E-state index contributed by atoms with van der Waals surface area (Å²) in [6, 6.07) is 10.6. The first kappa shape index (κ1) is 15.4. The molecule has 1 amide bonds. The molecule has 0 aliphatic rings. The van der Waals surface area contributed by atoms with Gasteiger partial charge < -0.3 is 9.73 Å². The van der Waals surface area contributed by atoms with E-state index >= 15 is 0 Å². The monoisotopic (exact) mass is 330 g/mol. The highest BCUT2D eigenvalue weighted by Gasteiger charge is 2.10. The van der Waals surface area contributed by atoms with E-state index < -0.39 is 5.76 Å². The van der Waals surface area contributed by atoms with Crippen LogP contribution in [0.5, 0.6) is 0 Å². The Morgan fingerprint density at radius 2 is 2.04 bits per heavy atom. The molecule has 1 N–H and O–H groups in total. The number of aromatic nitrogens is 1. The summed E-state index contributed by atoms with van der Waals surface area (Å²) in [5.74, 6) is -0.554. The number of amides is 1. The number of nitrogens with one attached hydrogen (secondary N) is 1. The van der Waals surface area contributed by atoms with Gasteiger partial charge in [0.05, 0.1) is 11.9 Å². The summed E-state index contributed by atoms with van der Waals surface area (Å²) in [6.07, 6.45) is 0.206. The van der Waals surface area contributed by atoms with Gasteiger partial charge in [0.2, 0.25) is 5.91 Å². The number of carbonyl (C=O) groups excluding carboxylic acids is 1. The number of carbonyl (C=O) groups is 1. The van der Waals surface area contributed by atoms with Gasteiger partial charge >= 0.3 is 5.76 Å². The molecular formula is C17H15ClN2O3. The first-order valence-electron chi connectivity index (χ1n) is 7.08. The first-order valence-corrected chi connectivity index (χ1v) is 7.46. The SMILES string of the molecule is Cc1cc(Cl)ccc1NC(=O)Cc1ccc2oc(=O)n(C)c2c1. The number of rotatable bonds is 3. The maximum absolute atomic E-state index is 12.2. The van der Waals surface area contributed by atoms with E-state index in [4.69, 9.17) is 16.0 Å². The average Bonchev–Trinajstić information content (AvgIpc) is 2.77. The maximum Gasteiger partial charge on any atom is 0.419 e. The van der Waals surface area contributed by atoms with Crippen LogP contribution in [-0.2, 0) is 18.3 Å². The van der Waals surface area contributed by atoms with Gasteiger partial charge in [-0.3, -0.25) is 9.36 Å². The van der Waals surface area contributed by atoms with E-state index in [9.17, 15) is 9.59 Å². The van der Waals surface area contributed by atoms with Crippen molar-refractivity contribution in [3.05, 3.63) is 63.1 Å². The standard InChI is InChI=1S/C17H15ClN2O3/c1-10-7-12(18)4-5-13(10)19-16(21)9-11-3-6-15-14(8-11)20(2)17(22)23-15/h3-8H,9H2,1-2H3,(H,19,21). The molecule has 118 valence electrons. The highest BCUT2D eigenvalue weighted by Crippen LogP contribution is 2.20. The summed E-state index contributed by atoms with van der Waals surface area (Å²) in [5, 5.41) is 3.50. The van der Waals surface area contributed by atoms with Crippen molar-refractivity contribution in [3.63, 3.8) is 0 Å². The van der Waals surface area contributed by atoms with Gasteiger partial charge in [-0.05, 0) is 48.4 Å². The molecule has 1 heterocycles. The van der Waals surface area contributed by atoms with E-state index in [1.807, 2.05) is 6.92 Å². The second-order valence-corrected chi connectivity index (χ2v) is 5.85. The molecule has 0 saturated carbocycles. The van der Waals surface area contributed by atoms with Crippen molar-refractivity contribution >= 4 is 34.3 Å². The number of oxazole rings is 1. The third-order valence-electron chi connectivity index (χ3n) is 3.68. The highest BCUT2D eigenvalue weighted by molar-refractivity contribution is 6.30. The van der Waals surface area contributed by atoms with Crippen molar-refractivity contribution in [2.24, 2.45) is 7.05 Å². The third kappa shape index (κ3) is 3.14. The van der Waals surface area contributed by atoms with Gasteiger partial charge in [0.1, 0.15) is 0 Å². The van der Waals surface area contributed by atoms with Crippen molar-refractivity contribution in [3.8, 4) is 0 Å². The fourth-order valence-corrected chi connectivity index (χ4v) is 2.66.